The number of amides is 1. The van der Waals surface area contributed by atoms with Gasteiger partial charge in [-0.25, -0.2) is 31.7 Å². The topological polar surface area (TPSA) is 102 Å². The largest absolute Gasteiger partial charge is 0.338 e. The van der Waals surface area contributed by atoms with Crippen molar-refractivity contribution in [1.82, 2.24) is 19.4 Å². The minimum Gasteiger partial charge on any atom is -0.338 e. The number of benzene rings is 3. The van der Waals surface area contributed by atoms with Crippen LogP contribution in [0.2, 0.25) is 0 Å². The summed E-state index contributed by atoms with van der Waals surface area (Å²) in [4.78, 5) is 21.2. The zero-order valence-electron chi connectivity index (χ0n) is 26.2. The fraction of sp³-hybridized carbons (Fsp3) is 0.429. The van der Waals surface area contributed by atoms with Crippen molar-refractivity contribution in [1.29, 1.82) is 0 Å². The lowest BCUT2D eigenvalue weighted by atomic mass is 9.70. The Bertz CT molecular complexity index is 1940. The van der Waals surface area contributed by atoms with Crippen molar-refractivity contribution in [3.8, 4) is 0 Å². The highest BCUT2D eigenvalue weighted by Gasteiger charge is 2.44. The van der Waals surface area contributed by atoms with Gasteiger partial charge >= 0.3 is 0 Å². The number of nitrogens with zero attached hydrogens (tertiary/aromatic N) is 4. The van der Waals surface area contributed by atoms with Crippen molar-refractivity contribution in [2.45, 2.75) is 80.3 Å². The van der Waals surface area contributed by atoms with Gasteiger partial charge in [0, 0.05) is 31.2 Å². The molecule has 3 aliphatic heterocycles. The summed E-state index contributed by atoms with van der Waals surface area (Å²) < 4.78 is 70.5. The van der Waals surface area contributed by atoms with Gasteiger partial charge in [-0.3, -0.25) is 9.69 Å². The van der Waals surface area contributed by atoms with E-state index < -0.39 is 43.4 Å². The van der Waals surface area contributed by atoms with E-state index in [0.717, 1.165) is 67.7 Å². The van der Waals surface area contributed by atoms with Crippen LogP contribution in [-0.4, -0.2) is 65.4 Å². The smallest absolute Gasteiger partial charge is 0.259 e. The molecule has 7 rings (SSSR count). The first kappa shape index (κ1) is 31.8. The number of carbonyl (C=O) groups excluding carboxylic acids is 1. The van der Waals surface area contributed by atoms with E-state index in [1.807, 2.05) is 12.1 Å². The lowest BCUT2D eigenvalue weighted by Crippen LogP contribution is -2.49. The molecule has 0 saturated carbocycles. The number of hydrogen-bond donors (Lipinski definition) is 1. The third kappa shape index (κ3) is 5.74. The molecule has 0 spiro atoms. The van der Waals surface area contributed by atoms with Crippen molar-refractivity contribution in [3.05, 3.63) is 95.1 Å². The Morgan fingerprint density at radius 3 is 2.34 bits per heavy atom. The molecule has 0 unspecified atom stereocenters. The van der Waals surface area contributed by atoms with Gasteiger partial charge < -0.3 is 9.47 Å². The number of aromatic nitrogens is 2. The Labute approximate surface area is 272 Å². The first-order chi connectivity index (χ1) is 22.4. The second kappa shape index (κ2) is 12.1. The number of piperidine rings is 2. The molecule has 3 fully saturated rings. The Kier molecular flexibility index (Phi) is 8.16. The maximum absolute atomic E-state index is 15.1. The Morgan fingerprint density at radius 1 is 0.957 bits per heavy atom. The van der Waals surface area contributed by atoms with Crippen molar-refractivity contribution in [2.75, 3.05) is 19.6 Å². The monoisotopic (exact) mass is 665 g/mol. The van der Waals surface area contributed by atoms with Gasteiger partial charge in [-0.05, 0) is 106 Å². The quantitative estimate of drug-likeness (QED) is 0.267. The van der Waals surface area contributed by atoms with Gasteiger partial charge in [0.1, 0.15) is 27.9 Å². The summed E-state index contributed by atoms with van der Waals surface area (Å²) in [5, 5.41) is 5.09. The maximum atomic E-state index is 15.1. The summed E-state index contributed by atoms with van der Waals surface area (Å²) in [7, 11) is -4.50. The van der Waals surface area contributed by atoms with E-state index >= 15 is 4.39 Å². The lowest BCUT2D eigenvalue weighted by Gasteiger charge is -2.45. The minimum atomic E-state index is -4.50. The standard InChI is InChI=1S/C35H38F3N5O3S/c1-22-40-29-7-2-3-8-30(29)43(22)27-20-25-9-10-26(21-27)42(25)18-15-35(23-5-4-6-24(36)19-23)13-16-41(17-14-35)34(44)32-28(37)11-12-31(33(32)38)47(39,45)46/h2-8,11-12,19,25-27H,9-10,13-18,20-21H2,1H3,(H2,39,45,46)/t25-,26+,27+. The number of primary sulfonamides is 1. The molecule has 3 saturated heterocycles. The molecule has 3 atom stereocenters. The molecule has 47 heavy (non-hydrogen) atoms. The predicted octanol–water partition coefficient (Wildman–Crippen LogP) is 5.84. The third-order valence-electron chi connectivity index (χ3n) is 10.9. The van der Waals surface area contributed by atoms with E-state index in [9.17, 15) is 22.0 Å². The fourth-order valence-electron chi connectivity index (χ4n) is 8.54. The van der Waals surface area contributed by atoms with E-state index in [4.69, 9.17) is 10.1 Å². The van der Waals surface area contributed by atoms with Crippen LogP contribution in [0, 0.1) is 24.4 Å². The fourth-order valence-corrected chi connectivity index (χ4v) is 9.15. The number of hydrogen-bond acceptors (Lipinski definition) is 5. The van der Waals surface area contributed by atoms with Crippen LogP contribution in [-0.2, 0) is 15.4 Å². The Balaban J connectivity index is 1.09. The number of imidazole rings is 1. The van der Waals surface area contributed by atoms with Gasteiger partial charge in [0.15, 0.2) is 5.82 Å². The maximum Gasteiger partial charge on any atom is 0.259 e. The van der Waals surface area contributed by atoms with Crippen LogP contribution >= 0.6 is 0 Å². The van der Waals surface area contributed by atoms with Crippen LogP contribution in [0.4, 0.5) is 13.2 Å². The average Bonchev–Trinajstić information content (AvgIpc) is 3.49. The lowest BCUT2D eigenvalue weighted by molar-refractivity contribution is 0.0598. The zero-order chi connectivity index (χ0) is 33.1. The second-order valence-electron chi connectivity index (χ2n) is 13.4. The van der Waals surface area contributed by atoms with Gasteiger partial charge in [0.05, 0.1) is 11.0 Å². The van der Waals surface area contributed by atoms with Crippen molar-refractivity contribution >= 4 is 27.0 Å². The zero-order valence-corrected chi connectivity index (χ0v) is 27.0. The molecule has 2 bridgehead atoms. The number of carbonyl (C=O) groups is 1. The van der Waals surface area contributed by atoms with Crippen LogP contribution < -0.4 is 5.14 Å². The van der Waals surface area contributed by atoms with Gasteiger partial charge in [0.25, 0.3) is 5.91 Å². The van der Waals surface area contributed by atoms with Crippen LogP contribution in [0.3, 0.4) is 0 Å². The number of para-hydroxylation sites is 2. The van der Waals surface area contributed by atoms with Crippen molar-refractivity contribution in [2.24, 2.45) is 5.14 Å². The molecule has 0 radical (unpaired) electrons. The normalized spacial score (nSPS) is 23.0. The Hall–Kier alpha value is -3.74. The highest BCUT2D eigenvalue weighted by atomic mass is 32.2. The number of aryl methyl sites for hydroxylation is 1. The van der Waals surface area contributed by atoms with Gasteiger partial charge in [0.2, 0.25) is 10.0 Å². The van der Waals surface area contributed by atoms with Crippen LogP contribution in [0.1, 0.15) is 72.7 Å². The van der Waals surface area contributed by atoms with E-state index in [1.165, 1.54) is 16.5 Å². The predicted molar refractivity (Wildman–Crippen MR) is 172 cm³/mol. The van der Waals surface area contributed by atoms with Gasteiger partial charge in [-0.2, -0.15) is 0 Å². The molecule has 3 aromatic carbocycles. The molecule has 1 aromatic heterocycles. The summed E-state index contributed by atoms with van der Waals surface area (Å²) in [6, 6.07) is 17.5. The van der Waals surface area contributed by atoms with E-state index in [0.29, 0.717) is 31.0 Å². The van der Waals surface area contributed by atoms with E-state index in [-0.39, 0.29) is 18.9 Å². The number of fused-ring (bicyclic) bond motifs is 3. The number of halogens is 3. The summed E-state index contributed by atoms with van der Waals surface area (Å²) in [6.45, 7) is 3.25. The molecule has 12 heteroatoms. The third-order valence-corrected chi connectivity index (χ3v) is 11.8. The van der Waals surface area contributed by atoms with Gasteiger partial charge in [-0.1, -0.05) is 24.3 Å². The molecule has 2 N–H and O–H groups in total. The minimum absolute atomic E-state index is 0.176. The molecule has 8 nitrogen and oxygen atoms in total. The molecule has 248 valence electrons. The number of rotatable bonds is 7. The van der Waals surface area contributed by atoms with E-state index in [1.54, 1.807) is 12.1 Å². The van der Waals surface area contributed by atoms with Gasteiger partial charge in [-0.15, -0.1) is 0 Å². The highest BCUT2D eigenvalue weighted by molar-refractivity contribution is 7.89. The highest BCUT2D eigenvalue weighted by Crippen LogP contribution is 2.45. The molecule has 3 aliphatic rings. The first-order valence-electron chi connectivity index (χ1n) is 16.2. The summed E-state index contributed by atoms with van der Waals surface area (Å²) >= 11 is 0. The molecular weight excluding hydrogens is 627 g/mol. The summed E-state index contributed by atoms with van der Waals surface area (Å²) in [5.41, 5.74) is 1.65. The molecule has 1 amide bonds. The van der Waals surface area contributed by atoms with Crippen LogP contribution in [0.5, 0.6) is 0 Å². The summed E-state index contributed by atoms with van der Waals surface area (Å²) in [5.74, 6) is -2.88. The van der Waals surface area contributed by atoms with Crippen LogP contribution in [0.25, 0.3) is 11.0 Å². The SMILES string of the molecule is Cc1nc2ccccc2n1[C@H]1C[C@H]2CC[C@@H](C1)N2CCC1(c2cccc(F)c2)CCN(C(=O)c2c(F)ccc(S(N)(=O)=O)c2F)CC1. The molecule has 4 aromatic rings. The Morgan fingerprint density at radius 2 is 1.66 bits per heavy atom. The number of nitrogens with two attached hydrogens (primary N) is 1. The molecule has 4 heterocycles. The van der Waals surface area contributed by atoms with Crippen molar-refractivity contribution in [3.63, 3.8) is 0 Å². The van der Waals surface area contributed by atoms with Crippen LogP contribution in [0.15, 0.2) is 65.6 Å². The first-order valence-corrected chi connectivity index (χ1v) is 17.8. The average molecular weight is 666 g/mol. The number of likely N-dealkylation sites (tertiary alicyclic amines) is 1. The molecular formula is C35H38F3N5O3S. The summed E-state index contributed by atoms with van der Waals surface area (Å²) in [6.07, 6.45) is 5.97. The molecule has 0 aliphatic carbocycles. The van der Waals surface area contributed by atoms with E-state index in [2.05, 4.69) is 34.6 Å². The van der Waals surface area contributed by atoms with Crippen molar-refractivity contribution < 1.29 is 26.4 Å². The number of sulfonamides is 1. The second-order valence-corrected chi connectivity index (χ2v) is 14.9.